The van der Waals surface area contributed by atoms with E-state index in [2.05, 4.69) is 16.9 Å². The fourth-order valence-electron chi connectivity index (χ4n) is 2.79. The molecular formula is C16H20N4O. The molecule has 2 N–H and O–H groups in total. The number of amides is 1. The number of fused-ring (bicyclic) bond motifs is 1. The number of rotatable bonds is 1. The highest BCUT2D eigenvalue weighted by Crippen LogP contribution is 2.21. The van der Waals surface area contributed by atoms with Crippen LogP contribution in [-0.2, 0) is 0 Å². The number of nitrogens with zero attached hydrogens (tertiary/aromatic N) is 3. The summed E-state index contributed by atoms with van der Waals surface area (Å²) in [4.78, 5) is 21.3. The number of carbonyl (C=O) groups excluding carboxylic acids is 1. The van der Waals surface area contributed by atoms with Crippen molar-refractivity contribution in [3.63, 3.8) is 0 Å². The van der Waals surface area contributed by atoms with Gasteiger partial charge < -0.3 is 15.5 Å². The highest BCUT2D eigenvalue weighted by molar-refractivity contribution is 6.06. The number of anilines is 1. The number of pyridine rings is 1. The van der Waals surface area contributed by atoms with E-state index < -0.39 is 0 Å². The number of hydrogen-bond donors (Lipinski definition) is 1. The molecule has 1 aromatic carbocycles. The Kier molecular flexibility index (Phi) is 3.75. The molecule has 1 aliphatic rings. The molecule has 3 rings (SSSR count). The molecule has 21 heavy (non-hydrogen) atoms. The summed E-state index contributed by atoms with van der Waals surface area (Å²) in [7, 11) is 2.09. The molecule has 0 atom stereocenters. The Bertz CT molecular complexity index is 670. The zero-order valence-electron chi connectivity index (χ0n) is 12.2. The molecule has 5 nitrogen and oxygen atoms in total. The highest BCUT2D eigenvalue weighted by Gasteiger charge is 2.21. The van der Waals surface area contributed by atoms with Gasteiger partial charge in [0.25, 0.3) is 5.91 Å². The number of nitrogens with two attached hydrogens (primary N) is 1. The van der Waals surface area contributed by atoms with Crippen LogP contribution in [0.1, 0.15) is 16.8 Å². The first-order chi connectivity index (χ1) is 10.1. The molecular weight excluding hydrogens is 264 g/mol. The van der Waals surface area contributed by atoms with Crippen molar-refractivity contribution in [3.05, 3.63) is 35.9 Å². The first-order valence-electron chi connectivity index (χ1n) is 7.28. The molecule has 1 aliphatic heterocycles. The van der Waals surface area contributed by atoms with E-state index in [1.807, 2.05) is 29.2 Å². The highest BCUT2D eigenvalue weighted by atomic mass is 16.2. The lowest BCUT2D eigenvalue weighted by atomic mass is 10.1. The molecule has 2 aromatic rings. The van der Waals surface area contributed by atoms with Crippen LogP contribution in [0.2, 0.25) is 0 Å². The number of para-hydroxylation sites is 1. The van der Waals surface area contributed by atoms with Crippen molar-refractivity contribution in [1.82, 2.24) is 14.8 Å². The average molecular weight is 284 g/mol. The van der Waals surface area contributed by atoms with Crippen LogP contribution in [0.15, 0.2) is 30.3 Å². The van der Waals surface area contributed by atoms with Gasteiger partial charge in [0.15, 0.2) is 0 Å². The summed E-state index contributed by atoms with van der Waals surface area (Å²) in [6.07, 6.45) is 1.00. The minimum Gasteiger partial charge on any atom is -0.384 e. The zero-order chi connectivity index (χ0) is 14.8. The van der Waals surface area contributed by atoms with Crippen LogP contribution in [0.25, 0.3) is 10.9 Å². The maximum absolute atomic E-state index is 12.8. The second-order valence-corrected chi connectivity index (χ2v) is 5.56. The molecule has 0 unspecified atom stereocenters. The van der Waals surface area contributed by atoms with E-state index in [9.17, 15) is 4.79 Å². The Morgan fingerprint density at radius 2 is 2.00 bits per heavy atom. The molecule has 0 bridgehead atoms. The SMILES string of the molecule is CN1CCCN(C(=O)c2cc(N)nc3ccccc23)CC1. The largest absolute Gasteiger partial charge is 0.384 e. The maximum Gasteiger partial charge on any atom is 0.254 e. The van der Waals surface area contributed by atoms with Gasteiger partial charge in [-0.15, -0.1) is 0 Å². The Morgan fingerprint density at radius 1 is 1.19 bits per heavy atom. The van der Waals surface area contributed by atoms with E-state index in [0.717, 1.165) is 43.5 Å². The Morgan fingerprint density at radius 3 is 2.86 bits per heavy atom. The van der Waals surface area contributed by atoms with Crippen LogP contribution >= 0.6 is 0 Å². The van der Waals surface area contributed by atoms with Crippen LogP contribution in [0.3, 0.4) is 0 Å². The van der Waals surface area contributed by atoms with Crippen molar-refractivity contribution >= 4 is 22.6 Å². The molecule has 1 amide bonds. The molecule has 1 saturated heterocycles. The molecule has 0 saturated carbocycles. The molecule has 0 aliphatic carbocycles. The van der Waals surface area contributed by atoms with Crippen LogP contribution in [0.4, 0.5) is 5.82 Å². The summed E-state index contributed by atoms with van der Waals surface area (Å²) in [5.41, 5.74) is 7.28. The van der Waals surface area contributed by atoms with Crippen molar-refractivity contribution in [2.75, 3.05) is 39.0 Å². The van der Waals surface area contributed by atoms with Gasteiger partial charge in [-0.2, -0.15) is 0 Å². The molecule has 110 valence electrons. The fraction of sp³-hybridized carbons (Fsp3) is 0.375. The predicted octanol–water partition coefficient (Wildman–Crippen LogP) is 1.59. The molecule has 1 fully saturated rings. The number of carbonyl (C=O) groups is 1. The topological polar surface area (TPSA) is 62.5 Å². The smallest absolute Gasteiger partial charge is 0.254 e. The van der Waals surface area contributed by atoms with Gasteiger partial charge in [-0.25, -0.2) is 4.98 Å². The monoisotopic (exact) mass is 284 g/mol. The number of likely N-dealkylation sites (N-methyl/N-ethyl adjacent to an activating group) is 1. The van der Waals surface area contributed by atoms with Crippen LogP contribution in [0, 0.1) is 0 Å². The van der Waals surface area contributed by atoms with Gasteiger partial charge in [-0.1, -0.05) is 18.2 Å². The molecule has 0 radical (unpaired) electrons. The van der Waals surface area contributed by atoms with E-state index in [1.54, 1.807) is 6.07 Å². The second-order valence-electron chi connectivity index (χ2n) is 5.56. The Labute approximate surface area is 124 Å². The van der Waals surface area contributed by atoms with E-state index in [-0.39, 0.29) is 5.91 Å². The predicted molar refractivity (Wildman–Crippen MR) is 84.2 cm³/mol. The van der Waals surface area contributed by atoms with Crippen molar-refractivity contribution in [2.24, 2.45) is 0 Å². The lowest BCUT2D eigenvalue weighted by Crippen LogP contribution is -2.34. The van der Waals surface area contributed by atoms with E-state index >= 15 is 0 Å². The normalized spacial score (nSPS) is 16.9. The standard InChI is InChI=1S/C16H20N4O/c1-19-7-4-8-20(10-9-19)16(21)13-11-15(17)18-14-6-3-2-5-12(13)14/h2-3,5-6,11H,4,7-10H2,1H3,(H2,17,18). The van der Waals surface area contributed by atoms with Crippen LogP contribution in [0.5, 0.6) is 0 Å². The summed E-state index contributed by atoms with van der Waals surface area (Å²) >= 11 is 0. The van der Waals surface area contributed by atoms with Gasteiger partial charge in [0.2, 0.25) is 0 Å². The van der Waals surface area contributed by atoms with E-state index in [1.165, 1.54) is 0 Å². The summed E-state index contributed by atoms with van der Waals surface area (Å²) in [5.74, 6) is 0.444. The van der Waals surface area contributed by atoms with Gasteiger partial charge in [0.1, 0.15) is 5.82 Å². The summed E-state index contributed by atoms with van der Waals surface area (Å²) in [6.45, 7) is 3.48. The van der Waals surface area contributed by atoms with Gasteiger partial charge in [0.05, 0.1) is 11.1 Å². The minimum absolute atomic E-state index is 0.0515. The Hall–Kier alpha value is -2.14. The quantitative estimate of drug-likeness (QED) is 0.864. The van der Waals surface area contributed by atoms with Gasteiger partial charge in [-0.3, -0.25) is 4.79 Å². The van der Waals surface area contributed by atoms with Crippen LogP contribution in [-0.4, -0.2) is 53.9 Å². The first-order valence-corrected chi connectivity index (χ1v) is 7.28. The van der Waals surface area contributed by atoms with Crippen molar-refractivity contribution < 1.29 is 4.79 Å². The fourth-order valence-corrected chi connectivity index (χ4v) is 2.79. The molecule has 5 heteroatoms. The molecule has 0 spiro atoms. The lowest BCUT2D eigenvalue weighted by molar-refractivity contribution is 0.0765. The van der Waals surface area contributed by atoms with Gasteiger partial charge >= 0.3 is 0 Å². The summed E-state index contributed by atoms with van der Waals surface area (Å²) < 4.78 is 0. The van der Waals surface area contributed by atoms with E-state index in [4.69, 9.17) is 5.73 Å². The first kappa shape index (κ1) is 13.8. The molecule has 2 heterocycles. The Balaban J connectivity index is 1.97. The minimum atomic E-state index is 0.0515. The van der Waals surface area contributed by atoms with Gasteiger partial charge in [-0.05, 0) is 32.1 Å². The second kappa shape index (κ2) is 5.69. The maximum atomic E-state index is 12.8. The zero-order valence-corrected chi connectivity index (χ0v) is 12.2. The van der Waals surface area contributed by atoms with E-state index in [0.29, 0.717) is 11.4 Å². The third kappa shape index (κ3) is 2.83. The third-order valence-corrected chi connectivity index (χ3v) is 3.97. The third-order valence-electron chi connectivity index (χ3n) is 3.97. The number of benzene rings is 1. The number of nitrogen functional groups attached to an aromatic ring is 1. The molecule has 1 aromatic heterocycles. The van der Waals surface area contributed by atoms with Crippen molar-refractivity contribution in [2.45, 2.75) is 6.42 Å². The van der Waals surface area contributed by atoms with Crippen molar-refractivity contribution in [3.8, 4) is 0 Å². The summed E-state index contributed by atoms with van der Waals surface area (Å²) in [5, 5.41) is 0.870. The lowest BCUT2D eigenvalue weighted by Gasteiger charge is -2.21. The number of aromatic nitrogens is 1. The summed E-state index contributed by atoms with van der Waals surface area (Å²) in [6, 6.07) is 9.34. The average Bonchev–Trinajstić information content (AvgIpc) is 2.70. The van der Waals surface area contributed by atoms with Gasteiger partial charge in [0, 0.05) is 25.0 Å². The van der Waals surface area contributed by atoms with Crippen molar-refractivity contribution in [1.29, 1.82) is 0 Å². The van der Waals surface area contributed by atoms with Crippen LogP contribution < -0.4 is 5.73 Å². The number of hydrogen-bond acceptors (Lipinski definition) is 4.